The number of nitrogens with zero attached hydrogens (tertiary/aromatic N) is 3. The van der Waals surface area contributed by atoms with Gasteiger partial charge in [-0.2, -0.15) is 0 Å². The second kappa shape index (κ2) is 7.55. The van der Waals surface area contributed by atoms with E-state index in [1.165, 1.54) is 30.3 Å². The Morgan fingerprint density at radius 1 is 1.10 bits per heavy atom. The van der Waals surface area contributed by atoms with Crippen molar-refractivity contribution in [2.75, 3.05) is 5.32 Å². The molecular weight excluding hydrogens is 388 g/mol. The number of benzene rings is 3. The number of fused-ring (bicyclic) bond motifs is 1. The van der Waals surface area contributed by atoms with Crippen LogP contribution < -0.4 is 5.32 Å². The molecule has 4 rings (SSSR count). The number of nitrogens with one attached hydrogen (secondary N) is 1. The molecule has 0 spiro atoms. The lowest BCUT2D eigenvalue weighted by atomic mass is 10.1. The van der Waals surface area contributed by atoms with E-state index >= 15 is 0 Å². The number of nitro groups is 1. The minimum atomic E-state index is -1.08. The van der Waals surface area contributed by atoms with Gasteiger partial charge in [-0.3, -0.25) is 10.1 Å². The number of aromatic carboxylic acids is 1. The van der Waals surface area contributed by atoms with E-state index in [9.17, 15) is 25.1 Å². The standard InChI is InChI=1S/C21H16N4O5/c26-19-9-8-15(25(29)30)11-16(19)20(23-14-5-3-4-13(10-14)21(27)28)24-12-22-17-6-1-2-7-18(17)24/h1-12,20,23,26H,(H,27,28). The topological polar surface area (TPSA) is 131 Å². The molecule has 0 aliphatic heterocycles. The summed E-state index contributed by atoms with van der Waals surface area (Å²) in [7, 11) is 0. The van der Waals surface area contributed by atoms with Gasteiger partial charge < -0.3 is 20.1 Å². The van der Waals surface area contributed by atoms with Crippen molar-refractivity contribution in [3.05, 3.63) is 94.3 Å². The molecule has 1 aromatic heterocycles. The Morgan fingerprint density at radius 2 is 1.90 bits per heavy atom. The second-order valence-corrected chi connectivity index (χ2v) is 6.57. The number of non-ortho nitro benzene ring substituents is 1. The average molecular weight is 404 g/mol. The van der Waals surface area contributed by atoms with E-state index in [1.54, 1.807) is 23.0 Å². The van der Waals surface area contributed by atoms with Crippen molar-refractivity contribution >= 4 is 28.4 Å². The minimum absolute atomic E-state index is 0.0810. The van der Waals surface area contributed by atoms with E-state index in [1.807, 2.05) is 24.3 Å². The number of aromatic hydroxyl groups is 1. The van der Waals surface area contributed by atoms with Gasteiger partial charge in [0.15, 0.2) is 0 Å². The third-order valence-corrected chi connectivity index (χ3v) is 4.69. The minimum Gasteiger partial charge on any atom is -0.508 e. The molecule has 0 saturated heterocycles. The Morgan fingerprint density at radius 3 is 2.67 bits per heavy atom. The molecule has 0 aliphatic rings. The Labute approximate surface area is 170 Å². The molecule has 0 bridgehead atoms. The summed E-state index contributed by atoms with van der Waals surface area (Å²) >= 11 is 0. The number of anilines is 1. The molecule has 150 valence electrons. The summed E-state index contributed by atoms with van der Waals surface area (Å²) in [5, 5.41) is 34.2. The van der Waals surface area contributed by atoms with E-state index in [-0.39, 0.29) is 22.6 Å². The van der Waals surface area contributed by atoms with Crippen molar-refractivity contribution in [3.63, 3.8) is 0 Å². The highest BCUT2D eigenvalue weighted by atomic mass is 16.6. The molecular formula is C21H16N4O5. The number of imidazole rings is 1. The fourth-order valence-electron chi connectivity index (χ4n) is 3.26. The zero-order chi connectivity index (χ0) is 21.3. The van der Waals surface area contributed by atoms with E-state index < -0.39 is 17.1 Å². The lowest BCUT2D eigenvalue weighted by molar-refractivity contribution is -0.385. The summed E-state index contributed by atoms with van der Waals surface area (Å²) in [5.74, 6) is -1.23. The maximum Gasteiger partial charge on any atom is 0.335 e. The van der Waals surface area contributed by atoms with Crippen LogP contribution in [0.25, 0.3) is 11.0 Å². The number of para-hydroxylation sites is 2. The number of rotatable bonds is 6. The fourth-order valence-corrected chi connectivity index (χ4v) is 3.26. The van der Waals surface area contributed by atoms with Crippen molar-refractivity contribution in [2.45, 2.75) is 6.17 Å². The van der Waals surface area contributed by atoms with Gasteiger partial charge in [0.2, 0.25) is 0 Å². The van der Waals surface area contributed by atoms with Crippen molar-refractivity contribution < 1.29 is 19.9 Å². The zero-order valence-electron chi connectivity index (χ0n) is 15.5. The van der Waals surface area contributed by atoms with Crippen LogP contribution in [0.2, 0.25) is 0 Å². The van der Waals surface area contributed by atoms with Crippen molar-refractivity contribution in [3.8, 4) is 5.75 Å². The number of aromatic nitrogens is 2. The van der Waals surface area contributed by atoms with Crippen molar-refractivity contribution in [1.82, 2.24) is 9.55 Å². The van der Waals surface area contributed by atoms with Crippen LogP contribution in [0.15, 0.2) is 73.1 Å². The van der Waals surface area contributed by atoms with Crippen molar-refractivity contribution in [2.24, 2.45) is 0 Å². The molecule has 1 heterocycles. The summed E-state index contributed by atoms with van der Waals surface area (Å²) in [4.78, 5) is 26.4. The monoisotopic (exact) mass is 404 g/mol. The highest BCUT2D eigenvalue weighted by Crippen LogP contribution is 2.33. The predicted octanol–water partition coefficient (Wildman–Crippen LogP) is 4.01. The quantitative estimate of drug-likeness (QED) is 0.327. The largest absolute Gasteiger partial charge is 0.508 e. The molecule has 1 unspecified atom stereocenters. The number of carboxylic acids is 1. The molecule has 3 aromatic carbocycles. The third-order valence-electron chi connectivity index (χ3n) is 4.69. The highest BCUT2D eigenvalue weighted by molar-refractivity contribution is 5.88. The molecule has 0 radical (unpaired) electrons. The van der Waals surface area contributed by atoms with Crippen LogP contribution >= 0.6 is 0 Å². The molecule has 3 N–H and O–H groups in total. The Bertz CT molecular complexity index is 1270. The summed E-state index contributed by atoms with van der Waals surface area (Å²) in [6.45, 7) is 0. The van der Waals surface area contributed by atoms with Crippen LogP contribution in [0.3, 0.4) is 0 Å². The Kier molecular flexibility index (Phi) is 4.77. The molecule has 9 nitrogen and oxygen atoms in total. The summed E-state index contributed by atoms with van der Waals surface area (Å²) in [6.07, 6.45) is 0.767. The van der Waals surface area contributed by atoms with Crippen LogP contribution in [0.5, 0.6) is 5.75 Å². The maximum atomic E-state index is 11.3. The summed E-state index contributed by atoms with van der Waals surface area (Å²) in [6, 6.07) is 17.2. The van der Waals surface area contributed by atoms with E-state index in [2.05, 4.69) is 10.3 Å². The van der Waals surface area contributed by atoms with Gasteiger partial charge in [0.25, 0.3) is 5.69 Å². The first-order valence-electron chi connectivity index (χ1n) is 8.93. The van der Waals surface area contributed by atoms with Crippen LogP contribution in [-0.4, -0.2) is 30.7 Å². The van der Waals surface area contributed by atoms with Crippen LogP contribution in [0.1, 0.15) is 22.1 Å². The highest BCUT2D eigenvalue weighted by Gasteiger charge is 2.23. The first-order valence-corrected chi connectivity index (χ1v) is 8.93. The van der Waals surface area contributed by atoms with Crippen LogP contribution in [0.4, 0.5) is 11.4 Å². The first-order chi connectivity index (χ1) is 14.4. The Hall–Kier alpha value is -4.40. The Balaban J connectivity index is 1.88. The molecule has 1 atom stereocenters. The van der Waals surface area contributed by atoms with Gasteiger partial charge in [-0.15, -0.1) is 0 Å². The van der Waals surface area contributed by atoms with Gasteiger partial charge in [0.1, 0.15) is 11.9 Å². The molecule has 30 heavy (non-hydrogen) atoms. The van der Waals surface area contributed by atoms with Gasteiger partial charge >= 0.3 is 5.97 Å². The van der Waals surface area contributed by atoms with Gasteiger partial charge in [0, 0.05) is 23.4 Å². The first kappa shape index (κ1) is 18.9. The van der Waals surface area contributed by atoms with E-state index in [0.717, 1.165) is 5.52 Å². The normalized spacial score (nSPS) is 11.9. The lowest BCUT2D eigenvalue weighted by Crippen LogP contribution is -2.19. The summed E-state index contributed by atoms with van der Waals surface area (Å²) < 4.78 is 1.72. The van der Waals surface area contributed by atoms with Gasteiger partial charge in [0.05, 0.1) is 27.8 Å². The SMILES string of the molecule is O=C(O)c1cccc(NC(c2cc([N+](=O)[O-])ccc2O)n2cnc3ccccc32)c1. The third kappa shape index (κ3) is 3.51. The van der Waals surface area contributed by atoms with Gasteiger partial charge in [-0.25, -0.2) is 9.78 Å². The lowest BCUT2D eigenvalue weighted by Gasteiger charge is -2.23. The predicted molar refractivity (Wildman–Crippen MR) is 110 cm³/mol. The number of hydrogen-bond donors (Lipinski definition) is 3. The van der Waals surface area contributed by atoms with E-state index in [4.69, 9.17) is 0 Å². The van der Waals surface area contributed by atoms with Gasteiger partial charge in [-0.05, 0) is 36.4 Å². The number of phenolic OH excluding ortho intramolecular Hbond substituents is 1. The molecule has 0 amide bonds. The summed E-state index contributed by atoms with van der Waals surface area (Å²) in [5.41, 5.74) is 2.04. The average Bonchev–Trinajstić information content (AvgIpc) is 3.16. The van der Waals surface area contributed by atoms with Crippen molar-refractivity contribution in [1.29, 1.82) is 0 Å². The van der Waals surface area contributed by atoms with Crippen LogP contribution in [-0.2, 0) is 0 Å². The van der Waals surface area contributed by atoms with E-state index in [0.29, 0.717) is 11.2 Å². The molecule has 0 fully saturated rings. The number of nitro benzene ring substituents is 1. The number of phenols is 1. The van der Waals surface area contributed by atoms with Crippen LogP contribution in [0, 0.1) is 10.1 Å². The second-order valence-electron chi connectivity index (χ2n) is 6.57. The van der Waals surface area contributed by atoms with Gasteiger partial charge in [-0.1, -0.05) is 18.2 Å². The zero-order valence-corrected chi connectivity index (χ0v) is 15.5. The molecule has 4 aromatic rings. The smallest absolute Gasteiger partial charge is 0.335 e. The number of carbonyl (C=O) groups is 1. The molecule has 0 saturated carbocycles. The fraction of sp³-hybridized carbons (Fsp3) is 0.0476. The maximum absolute atomic E-state index is 11.3. The molecule has 0 aliphatic carbocycles. The number of carboxylic acid groups (broad SMARTS) is 1. The number of hydrogen-bond acceptors (Lipinski definition) is 6. The molecule has 9 heteroatoms.